The van der Waals surface area contributed by atoms with Crippen molar-refractivity contribution in [2.45, 2.75) is 90.9 Å². The normalized spacial score (nSPS) is 10.6. The van der Waals surface area contributed by atoms with E-state index < -0.39 is 0 Å². The second-order valence-corrected chi connectivity index (χ2v) is 6.08. The maximum Gasteiger partial charge on any atom is 0.246 e. The molecule has 0 rings (SSSR count). The maximum absolute atomic E-state index is 11.2. The molecule has 123 valence electrons. The molecule has 0 spiro atoms. The third-order valence-corrected chi connectivity index (χ3v) is 3.77. The highest BCUT2D eigenvalue weighted by Gasteiger charge is 1.99. The zero-order valence-corrected chi connectivity index (χ0v) is 14.4. The fourth-order valence-electron chi connectivity index (χ4n) is 2.34. The number of hydrogen-bond donors (Lipinski definition) is 1. The Morgan fingerprint density at radius 2 is 1.43 bits per heavy atom. The first-order valence-corrected chi connectivity index (χ1v) is 8.93. The molecule has 0 fully saturated rings. The van der Waals surface area contributed by atoms with Crippen molar-refractivity contribution in [3.63, 3.8) is 0 Å². The fourth-order valence-corrected chi connectivity index (χ4v) is 2.34. The fraction of sp³-hybridized carbons (Fsp3) is 0.789. The van der Waals surface area contributed by atoms with Gasteiger partial charge in [0.25, 0.3) is 0 Å². The third-order valence-electron chi connectivity index (χ3n) is 3.77. The summed E-state index contributed by atoms with van der Waals surface area (Å²) in [5, 5.41) is 2.86. The van der Waals surface area contributed by atoms with Crippen LogP contribution in [0.1, 0.15) is 90.9 Å². The summed E-state index contributed by atoms with van der Waals surface area (Å²) in [6, 6.07) is 0. The number of unbranched alkanes of at least 4 members (excludes halogenated alkanes) is 12. The monoisotopic (exact) mass is 294 g/mol. The van der Waals surface area contributed by atoms with Gasteiger partial charge in [0, 0.05) is 12.1 Å². The van der Waals surface area contributed by atoms with Crippen molar-refractivity contribution in [2.24, 2.45) is 0 Å². The molecule has 0 atom stereocenters. The van der Waals surface area contributed by atoms with Crippen molar-refractivity contribution in [3.05, 3.63) is 18.6 Å². The van der Waals surface area contributed by atoms with Crippen molar-refractivity contribution < 1.29 is 4.79 Å². The van der Waals surface area contributed by atoms with Crippen LogP contribution in [0.5, 0.6) is 0 Å². The van der Waals surface area contributed by atoms with E-state index in [-0.39, 0.29) is 5.91 Å². The molecule has 0 aliphatic heterocycles. The third kappa shape index (κ3) is 15.4. The molecule has 0 saturated carbocycles. The van der Waals surface area contributed by atoms with Gasteiger partial charge >= 0.3 is 0 Å². The van der Waals surface area contributed by atoms with Gasteiger partial charge in [0.2, 0.25) is 5.91 Å². The quantitative estimate of drug-likeness (QED) is 0.310. The average molecular weight is 295 g/mol. The summed E-state index contributed by atoms with van der Waals surface area (Å²) < 4.78 is 0. The molecule has 0 saturated heterocycles. The minimum absolute atomic E-state index is 0.0195. The molecule has 0 bridgehead atoms. The van der Waals surface area contributed by atoms with Gasteiger partial charge in [0.15, 0.2) is 0 Å². The van der Waals surface area contributed by atoms with Gasteiger partial charge in [-0.15, -0.1) is 0 Å². The first-order chi connectivity index (χ1) is 10.2. The second kappa shape index (κ2) is 15.6. The SMILES string of the molecule is C=C(C)C(=O)NCCC[CH]CCCCCCCCCCC. The van der Waals surface area contributed by atoms with Crippen LogP contribution in [0.4, 0.5) is 0 Å². The van der Waals surface area contributed by atoms with Gasteiger partial charge < -0.3 is 5.32 Å². The Labute approximate surface area is 132 Å². The first-order valence-electron chi connectivity index (χ1n) is 8.93. The standard InChI is InChI=1S/C19H36NO/c1-4-5-6-7-8-9-10-11-12-13-14-15-16-17-20-19(21)18(2)3/h14H,2,4-13,15-17H2,1,3H3,(H,20,21). The Bertz CT molecular complexity index is 260. The first kappa shape index (κ1) is 20.2. The Hall–Kier alpha value is -0.790. The summed E-state index contributed by atoms with van der Waals surface area (Å²) in [4.78, 5) is 11.2. The van der Waals surface area contributed by atoms with E-state index in [4.69, 9.17) is 0 Å². The van der Waals surface area contributed by atoms with E-state index >= 15 is 0 Å². The van der Waals surface area contributed by atoms with Crippen LogP contribution in [0, 0.1) is 6.42 Å². The lowest BCUT2D eigenvalue weighted by molar-refractivity contribution is -0.117. The van der Waals surface area contributed by atoms with Gasteiger partial charge in [-0.2, -0.15) is 0 Å². The van der Waals surface area contributed by atoms with Gasteiger partial charge in [-0.3, -0.25) is 4.79 Å². The van der Waals surface area contributed by atoms with Crippen LogP contribution >= 0.6 is 0 Å². The largest absolute Gasteiger partial charge is 0.352 e. The predicted octanol–water partition coefficient (Wildman–Crippen LogP) is 5.58. The van der Waals surface area contributed by atoms with Crippen LogP contribution in [-0.4, -0.2) is 12.5 Å². The summed E-state index contributed by atoms with van der Waals surface area (Å²) >= 11 is 0. The van der Waals surface area contributed by atoms with E-state index in [1.54, 1.807) is 6.92 Å². The number of carbonyl (C=O) groups is 1. The number of hydrogen-bond acceptors (Lipinski definition) is 1. The van der Waals surface area contributed by atoms with Crippen molar-refractivity contribution >= 4 is 5.91 Å². The van der Waals surface area contributed by atoms with Gasteiger partial charge in [0.05, 0.1) is 0 Å². The lowest BCUT2D eigenvalue weighted by atomic mass is 10.0. The summed E-state index contributed by atoms with van der Waals surface area (Å²) in [7, 11) is 0. The Balaban J connectivity index is 3.06. The van der Waals surface area contributed by atoms with E-state index in [0.717, 1.165) is 19.4 Å². The molecule has 0 aromatic carbocycles. The van der Waals surface area contributed by atoms with Crippen LogP contribution in [0.25, 0.3) is 0 Å². The van der Waals surface area contributed by atoms with Crippen LogP contribution in [0.3, 0.4) is 0 Å². The minimum Gasteiger partial charge on any atom is -0.352 e. The summed E-state index contributed by atoms with van der Waals surface area (Å²) in [5.74, 6) is -0.0195. The van der Waals surface area contributed by atoms with E-state index in [0.29, 0.717) is 5.57 Å². The molecule has 2 nitrogen and oxygen atoms in total. The second-order valence-electron chi connectivity index (χ2n) is 6.08. The lowest BCUT2D eigenvalue weighted by Gasteiger charge is -2.05. The van der Waals surface area contributed by atoms with Crippen LogP contribution in [0.15, 0.2) is 12.2 Å². The predicted molar refractivity (Wildman–Crippen MR) is 93.2 cm³/mol. The maximum atomic E-state index is 11.2. The molecule has 0 aliphatic carbocycles. The number of amides is 1. The van der Waals surface area contributed by atoms with Crippen LogP contribution in [0.2, 0.25) is 0 Å². The molecule has 0 unspecified atom stereocenters. The highest BCUT2D eigenvalue weighted by molar-refractivity contribution is 5.91. The molecule has 1 radical (unpaired) electrons. The van der Waals surface area contributed by atoms with Gasteiger partial charge in [-0.05, 0) is 26.2 Å². The average Bonchev–Trinajstić information content (AvgIpc) is 2.47. The molecular formula is C19H36NO. The molecule has 0 aliphatic rings. The Morgan fingerprint density at radius 1 is 0.905 bits per heavy atom. The summed E-state index contributed by atoms with van der Waals surface area (Å²) in [6.45, 7) is 8.39. The van der Waals surface area contributed by atoms with Crippen molar-refractivity contribution in [1.29, 1.82) is 0 Å². The van der Waals surface area contributed by atoms with E-state index in [1.807, 2.05) is 0 Å². The van der Waals surface area contributed by atoms with Crippen molar-refractivity contribution in [3.8, 4) is 0 Å². The zero-order chi connectivity index (χ0) is 15.8. The molecule has 21 heavy (non-hydrogen) atoms. The van der Waals surface area contributed by atoms with Crippen LogP contribution < -0.4 is 5.32 Å². The molecule has 1 amide bonds. The lowest BCUT2D eigenvalue weighted by Crippen LogP contribution is -2.24. The van der Waals surface area contributed by atoms with Crippen molar-refractivity contribution in [2.75, 3.05) is 6.54 Å². The molecule has 0 aromatic heterocycles. The molecule has 1 N–H and O–H groups in total. The van der Waals surface area contributed by atoms with E-state index in [1.165, 1.54) is 64.2 Å². The molecule has 0 heterocycles. The zero-order valence-electron chi connectivity index (χ0n) is 14.4. The van der Waals surface area contributed by atoms with Gasteiger partial charge in [-0.25, -0.2) is 0 Å². The summed E-state index contributed by atoms with van der Waals surface area (Å²) in [6.07, 6.45) is 18.3. The minimum atomic E-state index is -0.0195. The summed E-state index contributed by atoms with van der Waals surface area (Å²) in [5.41, 5.74) is 0.591. The molecular weight excluding hydrogens is 258 g/mol. The topological polar surface area (TPSA) is 29.1 Å². The van der Waals surface area contributed by atoms with E-state index in [2.05, 4.69) is 25.2 Å². The highest BCUT2D eigenvalue weighted by atomic mass is 16.1. The van der Waals surface area contributed by atoms with Crippen molar-refractivity contribution in [1.82, 2.24) is 5.32 Å². The highest BCUT2D eigenvalue weighted by Crippen LogP contribution is 2.11. The van der Waals surface area contributed by atoms with Gasteiger partial charge in [-0.1, -0.05) is 77.7 Å². The van der Waals surface area contributed by atoms with Gasteiger partial charge in [0.1, 0.15) is 0 Å². The number of rotatable bonds is 15. The Kier molecular flexibility index (Phi) is 15.0. The number of carbonyl (C=O) groups excluding carboxylic acids is 1. The van der Waals surface area contributed by atoms with Crippen LogP contribution in [-0.2, 0) is 4.79 Å². The molecule has 0 aromatic rings. The Morgan fingerprint density at radius 3 is 2.00 bits per heavy atom. The van der Waals surface area contributed by atoms with E-state index in [9.17, 15) is 4.79 Å². The number of nitrogens with one attached hydrogen (secondary N) is 1. The smallest absolute Gasteiger partial charge is 0.246 e. The molecule has 2 heteroatoms.